The molecule has 0 radical (unpaired) electrons. The lowest BCUT2D eigenvalue weighted by Crippen LogP contribution is -2.23. The van der Waals surface area contributed by atoms with Gasteiger partial charge in [-0.3, -0.25) is 0 Å². The molecular formula is C52H64O12. The fourth-order valence-electron chi connectivity index (χ4n) is 10.9. The summed E-state index contributed by atoms with van der Waals surface area (Å²) in [6.45, 7) is 7.45. The van der Waals surface area contributed by atoms with Crippen LogP contribution in [0.1, 0.15) is 199 Å². The van der Waals surface area contributed by atoms with Crippen molar-refractivity contribution >= 4 is 0 Å². The number of ether oxygens (including phenoxy) is 8. The van der Waals surface area contributed by atoms with E-state index >= 15 is 0 Å². The minimum absolute atomic E-state index is 0.143. The topological polar surface area (TPSA) is 155 Å². The number of aromatic hydroxyl groups is 4. The molecule has 0 spiro atoms. The number of benzene rings is 4. The van der Waals surface area contributed by atoms with Crippen LogP contribution in [0.3, 0.4) is 0 Å². The maximum Gasteiger partial charge on any atom is 0.231 e. The van der Waals surface area contributed by atoms with Crippen LogP contribution in [0.5, 0.6) is 69.0 Å². The van der Waals surface area contributed by atoms with Gasteiger partial charge in [0.1, 0.15) is 0 Å². The zero-order chi connectivity index (χ0) is 44.5. The maximum atomic E-state index is 12.5. The summed E-state index contributed by atoms with van der Waals surface area (Å²) in [5.74, 6) is -0.122. The van der Waals surface area contributed by atoms with E-state index in [2.05, 4.69) is 52.0 Å². The van der Waals surface area contributed by atoms with E-state index in [0.717, 1.165) is 122 Å². The average molecular weight is 881 g/mol. The van der Waals surface area contributed by atoms with Gasteiger partial charge in [-0.25, -0.2) is 0 Å². The van der Waals surface area contributed by atoms with Gasteiger partial charge < -0.3 is 58.3 Å². The van der Waals surface area contributed by atoms with Gasteiger partial charge in [0, 0.05) is 68.2 Å². The molecular weight excluding hydrogens is 817 g/mol. The first-order chi connectivity index (χ1) is 31.3. The Labute approximate surface area is 376 Å². The third kappa shape index (κ3) is 7.68. The van der Waals surface area contributed by atoms with Crippen molar-refractivity contribution in [2.24, 2.45) is 0 Å². The third-order valence-electron chi connectivity index (χ3n) is 14.1. The third-order valence-corrected chi connectivity index (χ3v) is 14.1. The Morgan fingerprint density at radius 2 is 0.484 bits per heavy atom. The Hall–Kier alpha value is -5.52. The van der Waals surface area contributed by atoms with Gasteiger partial charge in [0.05, 0.1) is 0 Å². The second-order valence-corrected chi connectivity index (χ2v) is 18.1. The Kier molecular flexibility index (Phi) is 12.9. The number of hydrogen-bond acceptors (Lipinski definition) is 12. The Morgan fingerprint density at radius 3 is 0.641 bits per heavy atom. The summed E-state index contributed by atoms with van der Waals surface area (Å²) in [7, 11) is 0. The number of rotatable bonds is 16. The quantitative estimate of drug-likeness (QED) is 0.0792. The molecule has 0 saturated heterocycles. The number of hydrogen-bond donors (Lipinski definition) is 4. The molecule has 4 heterocycles. The molecule has 1 aliphatic carbocycles. The van der Waals surface area contributed by atoms with Crippen molar-refractivity contribution < 1.29 is 58.3 Å². The summed E-state index contributed by atoms with van der Waals surface area (Å²) in [6, 6.07) is 8.49. The first-order valence-electron chi connectivity index (χ1n) is 23.9. The maximum absolute atomic E-state index is 12.5. The summed E-state index contributed by atoms with van der Waals surface area (Å²) in [4.78, 5) is 0. The molecule has 4 aromatic rings. The van der Waals surface area contributed by atoms with E-state index in [4.69, 9.17) is 37.9 Å². The second-order valence-electron chi connectivity index (χ2n) is 18.1. The fraction of sp³-hybridized carbons (Fsp3) is 0.538. The van der Waals surface area contributed by atoms with E-state index in [1.807, 2.05) is 0 Å². The highest BCUT2D eigenvalue weighted by molar-refractivity contribution is 5.72. The van der Waals surface area contributed by atoms with Gasteiger partial charge in [-0.1, -0.05) is 105 Å². The zero-order valence-corrected chi connectivity index (χ0v) is 37.8. The van der Waals surface area contributed by atoms with E-state index < -0.39 is 23.7 Å². The van der Waals surface area contributed by atoms with E-state index in [1.165, 1.54) is 0 Å². The van der Waals surface area contributed by atoms with Gasteiger partial charge in [-0.15, -0.1) is 0 Å². The summed E-state index contributed by atoms with van der Waals surface area (Å²) in [5.41, 5.74) is 6.05. The molecule has 64 heavy (non-hydrogen) atoms. The predicted octanol–water partition coefficient (Wildman–Crippen LogP) is 12.6. The van der Waals surface area contributed by atoms with Gasteiger partial charge >= 0.3 is 0 Å². The normalized spacial score (nSPS) is 19.7. The fourth-order valence-corrected chi connectivity index (χ4v) is 10.9. The Balaban J connectivity index is 1.44. The number of phenols is 4. The molecule has 0 atom stereocenters. The molecule has 344 valence electrons. The first-order valence-corrected chi connectivity index (χ1v) is 23.9. The van der Waals surface area contributed by atoms with Crippen LogP contribution >= 0.6 is 0 Å². The zero-order valence-electron chi connectivity index (χ0n) is 37.8. The van der Waals surface area contributed by atoms with Crippen LogP contribution in [0.25, 0.3) is 0 Å². The molecule has 12 nitrogen and oxygen atoms in total. The van der Waals surface area contributed by atoms with Crippen molar-refractivity contribution in [3.63, 3.8) is 0 Å². The van der Waals surface area contributed by atoms with Crippen LogP contribution in [0.4, 0.5) is 0 Å². The molecule has 5 aliphatic rings. The summed E-state index contributed by atoms with van der Waals surface area (Å²) < 4.78 is 51.0. The van der Waals surface area contributed by atoms with Gasteiger partial charge in [-0.2, -0.15) is 0 Å². The van der Waals surface area contributed by atoms with E-state index in [-0.39, 0.29) is 96.2 Å². The minimum atomic E-state index is -0.403. The van der Waals surface area contributed by atoms with Crippen molar-refractivity contribution in [1.82, 2.24) is 0 Å². The Morgan fingerprint density at radius 1 is 0.312 bits per heavy atom. The van der Waals surface area contributed by atoms with Crippen LogP contribution in [0.2, 0.25) is 0 Å². The Bertz CT molecular complexity index is 1910. The molecule has 0 saturated carbocycles. The summed E-state index contributed by atoms with van der Waals surface area (Å²) in [5, 5.41) is 49.9. The molecule has 4 N–H and O–H groups in total. The highest BCUT2D eigenvalue weighted by atomic mass is 16.7. The molecule has 4 aromatic carbocycles. The van der Waals surface area contributed by atoms with E-state index in [9.17, 15) is 20.4 Å². The molecule has 0 amide bonds. The lowest BCUT2D eigenvalue weighted by molar-refractivity contribution is 0.0865. The largest absolute Gasteiger partial charge is 0.502 e. The van der Waals surface area contributed by atoms with Gasteiger partial charge in [0.2, 0.25) is 50.2 Å². The van der Waals surface area contributed by atoms with Crippen molar-refractivity contribution in [3.8, 4) is 69.0 Å². The molecule has 0 unspecified atom stereocenters. The highest BCUT2D eigenvalue weighted by Gasteiger charge is 2.41. The van der Waals surface area contributed by atoms with Crippen LogP contribution in [0, 0.1) is 0 Å². The molecule has 0 fully saturated rings. The van der Waals surface area contributed by atoms with Gasteiger partial charge in [-0.05, 0) is 49.9 Å². The van der Waals surface area contributed by atoms with E-state index in [1.54, 1.807) is 0 Å². The molecule has 9 rings (SSSR count). The van der Waals surface area contributed by atoms with Crippen molar-refractivity contribution in [2.75, 3.05) is 27.2 Å². The average Bonchev–Trinajstić information content (AvgIpc) is 3.26. The lowest BCUT2D eigenvalue weighted by atomic mass is 9.75. The smallest absolute Gasteiger partial charge is 0.231 e. The monoisotopic (exact) mass is 880 g/mol. The summed E-state index contributed by atoms with van der Waals surface area (Å²) >= 11 is 0. The molecule has 4 aliphatic heterocycles. The highest BCUT2D eigenvalue weighted by Crippen LogP contribution is 2.61. The van der Waals surface area contributed by atoms with Gasteiger partial charge in [0.25, 0.3) is 0 Å². The molecule has 12 heteroatoms. The van der Waals surface area contributed by atoms with Gasteiger partial charge in [0.15, 0.2) is 46.0 Å². The van der Waals surface area contributed by atoms with Crippen LogP contribution < -0.4 is 37.9 Å². The second kappa shape index (κ2) is 18.9. The minimum Gasteiger partial charge on any atom is -0.502 e. The number of phenolic OH excluding ortho intramolecular Hbond substituents is 4. The van der Waals surface area contributed by atoms with Crippen molar-refractivity contribution in [2.45, 2.75) is 154 Å². The number of unbranched alkanes of at least 4 members (excludes halogenated alkanes) is 8. The predicted molar refractivity (Wildman–Crippen MR) is 241 cm³/mol. The van der Waals surface area contributed by atoms with E-state index in [0.29, 0.717) is 25.7 Å². The summed E-state index contributed by atoms with van der Waals surface area (Å²) in [6.07, 6.45) is 13.9. The van der Waals surface area contributed by atoms with Crippen LogP contribution in [-0.4, -0.2) is 47.6 Å². The van der Waals surface area contributed by atoms with Crippen LogP contribution in [0.15, 0.2) is 24.3 Å². The van der Waals surface area contributed by atoms with Crippen molar-refractivity contribution in [3.05, 3.63) is 68.8 Å². The van der Waals surface area contributed by atoms with Crippen LogP contribution in [-0.2, 0) is 0 Å². The molecule has 8 bridgehead atoms. The first kappa shape index (κ1) is 43.7. The van der Waals surface area contributed by atoms with Crippen molar-refractivity contribution in [1.29, 1.82) is 0 Å². The lowest BCUT2D eigenvalue weighted by Gasteiger charge is -2.36. The SMILES string of the molecule is CCCCCC1c2cc3c4c(O)c2OCOc2c1cc1c(c2O)OCOc2c(cc5c(c2O)OCOc2c(cc(c(c2O)OCO4)C3CCCCC)C5CCCCC)C1CCCCC. The molecule has 0 aromatic heterocycles. The standard InChI is InChI=1S/C52H64O12/c1-5-9-13-17-29-33-21-35-30(18-14-10-6-2)37-23-39-32(20-16-12-8-4)40-24-38-31(19-15-11-7-3)36-22-34(29)46-42(54)48(36)60-27-62-50(38)44(56)52(40)64-28-63-51(39)43(55)49(37)61-26-59-47(35)41(53)45(33)57-25-58-46/h21-24,29-32,53-56H,5-20,25-28H2,1-4H3.